The van der Waals surface area contributed by atoms with Crippen LogP contribution in [0.1, 0.15) is 19.8 Å². The summed E-state index contributed by atoms with van der Waals surface area (Å²) in [5.41, 5.74) is 0. The number of hydrogen-bond acceptors (Lipinski definition) is 3. The summed E-state index contributed by atoms with van der Waals surface area (Å²) in [4.78, 5) is 9.05. The molecule has 106 valence electrons. The average Bonchev–Trinajstić information content (AvgIpc) is 2.93. The van der Waals surface area contributed by atoms with Crippen LogP contribution in [-0.2, 0) is 0 Å². The highest BCUT2D eigenvalue weighted by Crippen LogP contribution is 2.24. The van der Waals surface area contributed by atoms with Gasteiger partial charge in [0.2, 0.25) is 0 Å². The van der Waals surface area contributed by atoms with Crippen LogP contribution < -0.4 is 10.2 Å². The van der Waals surface area contributed by atoms with Gasteiger partial charge in [-0.3, -0.25) is 4.99 Å². The van der Waals surface area contributed by atoms with Crippen molar-refractivity contribution in [3.8, 4) is 0 Å². The van der Waals surface area contributed by atoms with E-state index in [0.717, 1.165) is 25.6 Å². The Morgan fingerprint density at radius 2 is 2.21 bits per heavy atom. The van der Waals surface area contributed by atoms with Gasteiger partial charge >= 0.3 is 0 Å². The van der Waals surface area contributed by atoms with Crippen LogP contribution in [0.5, 0.6) is 0 Å². The van der Waals surface area contributed by atoms with E-state index in [9.17, 15) is 0 Å². The summed E-state index contributed by atoms with van der Waals surface area (Å²) in [5.74, 6) is 1.01. The Labute approximate surface area is 120 Å². The van der Waals surface area contributed by atoms with Crippen molar-refractivity contribution in [1.29, 1.82) is 0 Å². The Hall–Kier alpha value is -1.23. The maximum Gasteiger partial charge on any atom is 0.193 e. The molecule has 0 unspecified atom stereocenters. The number of thiophene rings is 1. The van der Waals surface area contributed by atoms with Crippen molar-refractivity contribution >= 4 is 22.3 Å². The largest absolute Gasteiger partial charge is 0.363 e. The summed E-state index contributed by atoms with van der Waals surface area (Å²) in [7, 11) is 4.09. The molecule has 1 aliphatic heterocycles. The Morgan fingerprint density at radius 3 is 2.74 bits per heavy atom. The van der Waals surface area contributed by atoms with Gasteiger partial charge in [-0.1, -0.05) is 0 Å². The Bertz CT molecular complexity index is 392. The van der Waals surface area contributed by atoms with Gasteiger partial charge in [0, 0.05) is 39.8 Å². The van der Waals surface area contributed by atoms with Gasteiger partial charge in [0.05, 0.1) is 5.00 Å². The van der Waals surface area contributed by atoms with E-state index in [2.05, 4.69) is 44.5 Å². The first kappa shape index (κ1) is 14.2. The molecule has 2 rings (SSSR count). The number of hydrogen-bond donors (Lipinski definition) is 1. The number of nitrogens with one attached hydrogen (secondary N) is 1. The molecule has 0 spiro atoms. The zero-order valence-corrected chi connectivity index (χ0v) is 12.9. The summed E-state index contributed by atoms with van der Waals surface area (Å²) in [6.45, 7) is 5.16. The van der Waals surface area contributed by atoms with Crippen molar-refractivity contribution in [2.75, 3.05) is 38.6 Å². The molecule has 0 saturated carbocycles. The molecule has 1 aromatic rings. The number of aliphatic imine (C=N–C) groups is 1. The minimum absolute atomic E-state index is 0.545. The molecule has 5 heteroatoms. The molecule has 2 heterocycles. The zero-order chi connectivity index (χ0) is 13.7. The van der Waals surface area contributed by atoms with Crippen LogP contribution in [0.3, 0.4) is 0 Å². The maximum atomic E-state index is 4.51. The third-order valence-corrected chi connectivity index (χ3v) is 4.31. The number of rotatable bonds is 3. The van der Waals surface area contributed by atoms with Crippen LogP contribution in [0.25, 0.3) is 0 Å². The number of anilines is 1. The van der Waals surface area contributed by atoms with Crippen LogP contribution in [0, 0.1) is 0 Å². The molecule has 1 saturated heterocycles. The predicted octanol–water partition coefficient (Wildman–Crippen LogP) is 2.24. The fraction of sp³-hybridized carbons (Fsp3) is 0.643. The molecular weight excluding hydrogens is 256 g/mol. The molecule has 1 N–H and O–H groups in total. The minimum Gasteiger partial charge on any atom is -0.363 e. The Kier molecular flexibility index (Phi) is 5.07. The van der Waals surface area contributed by atoms with Crippen molar-refractivity contribution in [2.45, 2.75) is 25.8 Å². The van der Waals surface area contributed by atoms with E-state index < -0.39 is 0 Å². The number of piperidine rings is 1. The van der Waals surface area contributed by atoms with Gasteiger partial charge in [0.1, 0.15) is 0 Å². The van der Waals surface area contributed by atoms with Crippen molar-refractivity contribution < 1.29 is 0 Å². The van der Waals surface area contributed by atoms with E-state index in [1.54, 1.807) is 0 Å². The maximum absolute atomic E-state index is 4.51. The minimum atomic E-state index is 0.545. The SMILES string of the molecule is CCN=C(NC1CCN(c2cccs2)CC1)N(C)C. The summed E-state index contributed by atoms with van der Waals surface area (Å²) in [5, 5.41) is 7.12. The van der Waals surface area contributed by atoms with Crippen molar-refractivity contribution in [3.05, 3.63) is 17.5 Å². The highest BCUT2D eigenvalue weighted by molar-refractivity contribution is 7.14. The van der Waals surface area contributed by atoms with Crippen LogP contribution >= 0.6 is 11.3 Å². The molecule has 1 aromatic heterocycles. The summed E-state index contributed by atoms with van der Waals surface area (Å²) < 4.78 is 0. The highest BCUT2D eigenvalue weighted by atomic mass is 32.1. The fourth-order valence-electron chi connectivity index (χ4n) is 2.34. The van der Waals surface area contributed by atoms with E-state index in [0.29, 0.717) is 6.04 Å². The van der Waals surface area contributed by atoms with E-state index in [1.165, 1.54) is 17.8 Å². The Morgan fingerprint density at radius 1 is 1.47 bits per heavy atom. The lowest BCUT2D eigenvalue weighted by Crippen LogP contribution is -2.48. The molecular formula is C14H24N4S. The molecule has 0 radical (unpaired) electrons. The monoisotopic (exact) mass is 280 g/mol. The second kappa shape index (κ2) is 6.80. The first-order chi connectivity index (χ1) is 9.20. The first-order valence-corrected chi connectivity index (χ1v) is 7.85. The molecule has 0 amide bonds. The molecule has 1 aliphatic rings. The van der Waals surface area contributed by atoms with Gasteiger partial charge in [-0.2, -0.15) is 0 Å². The average molecular weight is 280 g/mol. The van der Waals surface area contributed by atoms with Crippen LogP contribution in [0.15, 0.2) is 22.5 Å². The molecule has 0 atom stereocenters. The predicted molar refractivity (Wildman–Crippen MR) is 84.4 cm³/mol. The van der Waals surface area contributed by atoms with Crippen LogP contribution in [-0.4, -0.2) is 50.6 Å². The van der Waals surface area contributed by atoms with Gasteiger partial charge in [0.25, 0.3) is 0 Å². The lowest BCUT2D eigenvalue weighted by Gasteiger charge is -2.34. The van der Waals surface area contributed by atoms with Gasteiger partial charge < -0.3 is 15.1 Å². The fourth-order valence-corrected chi connectivity index (χ4v) is 3.13. The third kappa shape index (κ3) is 3.86. The quantitative estimate of drug-likeness (QED) is 0.680. The first-order valence-electron chi connectivity index (χ1n) is 6.97. The van der Waals surface area contributed by atoms with Crippen LogP contribution in [0.2, 0.25) is 0 Å². The summed E-state index contributed by atoms with van der Waals surface area (Å²) in [6.07, 6.45) is 2.35. The smallest absolute Gasteiger partial charge is 0.193 e. The van der Waals surface area contributed by atoms with Gasteiger partial charge in [-0.15, -0.1) is 11.3 Å². The number of nitrogens with zero attached hydrogens (tertiary/aromatic N) is 3. The highest BCUT2D eigenvalue weighted by Gasteiger charge is 2.21. The van der Waals surface area contributed by atoms with Gasteiger partial charge in [-0.05, 0) is 37.3 Å². The molecule has 4 nitrogen and oxygen atoms in total. The second-order valence-electron chi connectivity index (χ2n) is 5.05. The summed E-state index contributed by atoms with van der Waals surface area (Å²) in [6, 6.07) is 4.88. The topological polar surface area (TPSA) is 30.9 Å². The standard InChI is InChI=1S/C14H24N4S/c1-4-15-14(17(2)3)16-12-7-9-18(10-8-12)13-6-5-11-19-13/h5-6,11-12H,4,7-10H2,1-3H3,(H,15,16). The van der Waals surface area contributed by atoms with Crippen molar-refractivity contribution in [1.82, 2.24) is 10.2 Å². The second-order valence-corrected chi connectivity index (χ2v) is 5.98. The zero-order valence-electron chi connectivity index (χ0n) is 12.1. The lowest BCUT2D eigenvalue weighted by atomic mass is 10.1. The molecule has 19 heavy (non-hydrogen) atoms. The van der Waals surface area contributed by atoms with Gasteiger partial charge in [0.15, 0.2) is 5.96 Å². The van der Waals surface area contributed by atoms with E-state index in [4.69, 9.17) is 0 Å². The third-order valence-electron chi connectivity index (χ3n) is 3.38. The Balaban J connectivity index is 1.84. The van der Waals surface area contributed by atoms with Crippen LogP contribution in [0.4, 0.5) is 5.00 Å². The van der Waals surface area contributed by atoms with Crippen molar-refractivity contribution in [2.24, 2.45) is 4.99 Å². The lowest BCUT2D eigenvalue weighted by molar-refractivity contribution is 0.444. The summed E-state index contributed by atoms with van der Waals surface area (Å²) >= 11 is 1.83. The molecule has 0 aromatic carbocycles. The normalized spacial score (nSPS) is 17.6. The molecule has 0 aliphatic carbocycles. The van der Waals surface area contributed by atoms with Gasteiger partial charge in [-0.25, -0.2) is 0 Å². The molecule has 1 fully saturated rings. The van der Waals surface area contributed by atoms with Crippen molar-refractivity contribution in [3.63, 3.8) is 0 Å². The van der Waals surface area contributed by atoms with E-state index in [-0.39, 0.29) is 0 Å². The molecule has 0 bridgehead atoms. The number of guanidine groups is 1. The van der Waals surface area contributed by atoms with E-state index >= 15 is 0 Å². The van der Waals surface area contributed by atoms with E-state index in [1.807, 2.05) is 25.4 Å².